The molecule has 0 spiro atoms. The molecule has 0 aromatic heterocycles. The molecule has 3 unspecified atom stereocenters. The van der Waals surface area contributed by atoms with Crippen molar-refractivity contribution in [2.45, 2.75) is 25.7 Å². The smallest absolute Gasteiger partial charge is 0.406 e. The van der Waals surface area contributed by atoms with Gasteiger partial charge in [-0.3, -0.25) is 0 Å². The molecule has 0 radical (unpaired) electrons. The third-order valence-electron chi connectivity index (χ3n) is 6.19. The van der Waals surface area contributed by atoms with Crippen LogP contribution in [-0.4, -0.2) is 37.4 Å². The van der Waals surface area contributed by atoms with E-state index < -0.39 is 6.36 Å². The highest BCUT2D eigenvalue weighted by atomic mass is 19.4. The van der Waals surface area contributed by atoms with E-state index in [2.05, 4.69) is 52.2 Å². The van der Waals surface area contributed by atoms with Crippen molar-refractivity contribution in [1.82, 2.24) is 10.2 Å². The Balaban J connectivity index is 1.17. The van der Waals surface area contributed by atoms with E-state index in [-0.39, 0.29) is 5.75 Å². The van der Waals surface area contributed by atoms with Gasteiger partial charge in [0.25, 0.3) is 0 Å². The van der Waals surface area contributed by atoms with Crippen LogP contribution < -0.4 is 10.1 Å². The Kier molecular flexibility index (Phi) is 5.83. The number of nitrogens with zero attached hydrogens (tertiary/aromatic N) is 1. The van der Waals surface area contributed by atoms with Crippen molar-refractivity contribution in [1.29, 1.82) is 0 Å². The first kappa shape index (κ1) is 20.2. The summed E-state index contributed by atoms with van der Waals surface area (Å²) in [5.74, 6) is 2.57. The molecule has 1 N–H and O–H groups in total. The number of piperidine rings is 1. The van der Waals surface area contributed by atoms with Gasteiger partial charge in [0.05, 0.1) is 0 Å². The highest BCUT2D eigenvalue weighted by Crippen LogP contribution is 2.51. The van der Waals surface area contributed by atoms with Crippen molar-refractivity contribution >= 4 is 0 Å². The molecule has 1 aliphatic carbocycles. The number of benzene rings is 2. The van der Waals surface area contributed by atoms with E-state index >= 15 is 0 Å². The number of halogens is 3. The van der Waals surface area contributed by atoms with Gasteiger partial charge in [-0.25, -0.2) is 0 Å². The Morgan fingerprint density at radius 1 is 1.07 bits per heavy atom. The molecule has 2 fully saturated rings. The number of hydrogen-bond acceptors (Lipinski definition) is 3. The Labute approximate surface area is 169 Å². The molecule has 0 amide bonds. The summed E-state index contributed by atoms with van der Waals surface area (Å²) in [6, 6.07) is 16.8. The molecule has 1 aliphatic heterocycles. The summed E-state index contributed by atoms with van der Waals surface area (Å²) in [4.78, 5) is 2.57. The summed E-state index contributed by atoms with van der Waals surface area (Å²) >= 11 is 0. The van der Waals surface area contributed by atoms with Crippen molar-refractivity contribution in [2.24, 2.45) is 17.8 Å². The molecule has 3 nitrogen and oxygen atoms in total. The van der Waals surface area contributed by atoms with Crippen molar-refractivity contribution in [3.8, 4) is 5.75 Å². The lowest BCUT2D eigenvalue weighted by molar-refractivity contribution is -0.274. The van der Waals surface area contributed by atoms with E-state index in [1.807, 2.05) is 6.07 Å². The number of rotatable bonds is 8. The second-order valence-corrected chi connectivity index (χ2v) is 8.35. The van der Waals surface area contributed by atoms with E-state index in [1.165, 1.54) is 17.7 Å². The number of likely N-dealkylation sites (tertiary alicyclic amines) is 1. The summed E-state index contributed by atoms with van der Waals surface area (Å²) in [7, 11) is 0. The lowest BCUT2D eigenvalue weighted by Crippen LogP contribution is -2.30. The van der Waals surface area contributed by atoms with Gasteiger partial charge in [-0.05, 0) is 53.5 Å². The molecule has 1 saturated carbocycles. The monoisotopic (exact) mass is 404 g/mol. The highest BCUT2D eigenvalue weighted by molar-refractivity contribution is 5.28. The van der Waals surface area contributed by atoms with Gasteiger partial charge in [-0.2, -0.15) is 0 Å². The summed E-state index contributed by atoms with van der Waals surface area (Å²) in [5, 5.41) is 3.41. The fourth-order valence-electron chi connectivity index (χ4n) is 4.70. The molecule has 29 heavy (non-hydrogen) atoms. The fraction of sp³-hybridized carbons (Fsp3) is 0.478. The molecule has 4 rings (SSSR count). The average Bonchev–Trinajstić information content (AvgIpc) is 3.12. The molecule has 3 atom stereocenters. The van der Waals surface area contributed by atoms with Crippen LogP contribution in [0.25, 0.3) is 0 Å². The molecule has 1 heterocycles. The third kappa shape index (κ3) is 5.31. The fourth-order valence-corrected chi connectivity index (χ4v) is 4.70. The maximum Gasteiger partial charge on any atom is 0.573 e. The van der Waals surface area contributed by atoms with Crippen LogP contribution in [-0.2, 0) is 6.54 Å². The SMILES string of the molecule is CC(CN1CC2C(CNCc3cccc(OC(F)(F)F)c3)C2C1)c1ccccc1. The Morgan fingerprint density at radius 2 is 1.79 bits per heavy atom. The first-order valence-electron chi connectivity index (χ1n) is 10.2. The van der Waals surface area contributed by atoms with Gasteiger partial charge in [0, 0.05) is 26.2 Å². The van der Waals surface area contributed by atoms with Gasteiger partial charge < -0.3 is 15.0 Å². The second kappa shape index (κ2) is 8.36. The zero-order valence-corrected chi connectivity index (χ0v) is 16.5. The normalized spacial score (nSPS) is 24.9. The second-order valence-electron chi connectivity index (χ2n) is 8.35. The summed E-state index contributed by atoms with van der Waals surface area (Å²) in [5.41, 5.74) is 2.19. The van der Waals surface area contributed by atoms with Crippen molar-refractivity contribution in [3.05, 3.63) is 65.7 Å². The van der Waals surface area contributed by atoms with Gasteiger partial charge in [-0.1, -0.05) is 49.4 Å². The molecule has 156 valence electrons. The van der Waals surface area contributed by atoms with Crippen LogP contribution in [0.3, 0.4) is 0 Å². The van der Waals surface area contributed by atoms with Gasteiger partial charge in [0.1, 0.15) is 5.75 Å². The van der Waals surface area contributed by atoms with Crippen LogP contribution in [0.4, 0.5) is 13.2 Å². The van der Waals surface area contributed by atoms with Crippen molar-refractivity contribution in [2.75, 3.05) is 26.2 Å². The van der Waals surface area contributed by atoms with E-state index in [0.717, 1.165) is 43.6 Å². The van der Waals surface area contributed by atoms with Crippen LogP contribution >= 0.6 is 0 Å². The first-order valence-corrected chi connectivity index (χ1v) is 10.2. The molecule has 2 aliphatic rings. The first-order chi connectivity index (χ1) is 13.9. The van der Waals surface area contributed by atoms with Crippen LogP contribution in [0, 0.1) is 17.8 Å². The van der Waals surface area contributed by atoms with Gasteiger partial charge >= 0.3 is 6.36 Å². The minimum absolute atomic E-state index is 0.164. The lowest BCUT2D eigenvalue weighted by atomic mass is 10.0. The highest BCUT2D eigenvalue weighted by Gasteiger charge is 2.54. The van der Waals surface area contributed by atoms with E-state index in [0.29, 0.717) is 18.4 Å². The zero-order chi connectivity index (χ0) is 20.4. The molecule has 2 aromatic carbocycles. The Morgan fingerprint density at radius 3 is 2.48 bits per heavy atom. The van der Waals surface area contributed by atoms with Crippen LogP contribution in [0.5, 0.6) is 5.75 Å². The van der Waals surface area contributed by atoms with Crippen LogP contribution in [0.2, 0.25) is 0 Å². The quantitative estimate of drug-likeness (QED) is 0.693. The summed E-state index contributed by atoms with van der Waals surface area (Å²) in [6.45, 7) is 7.17. The molecular formula is C23H27F3N2O. The average molecular weight is 404 g/mol. The standard InChI is InChI=1S/C23H27F3N2O/c1-16(18-7-3-2-4-8-18)13-28-14-21-20(22(21)15-28)12-27-11-17-6-5-9-19(10-17)29-23(24,25)26/h2-10,16,20-22,27H,11-15H2,1H3. The maximum atomic E-state index is 12.3. The van der Waals surface area contributed by atoms with Crippen LogP contribution in [0.15, 0.2) is 54.6 Å². The Bertz CT molecular complexity index is 799. The summed E-state index contributed by atoms with van der Waals surface area (Å²) in [6.07, 6.45) is -4.65. The number of nitrogens with one attached hydrogen (secondary N) is 1. The van der Waals surface area contributed by atoms with Crippen molar-refractivity contribution < 1.29 is 17.9 Å². The van der Waals surface area contributed by atoms with E-state index in [1.54, 1.807) is 6.07 Å². The molecule has 0 bridgehead atoms. The largest absolute Gasteiger partial charge is 0.573 e. The molecule has 2 aromatic rings. The minimum atomic E-state index is -4.65. The van der Waals surface area contributed by atoms with Gasteiger partial charge in [0.15, 0.2) is 0 Å². The molecule has 1 saturated heterocycles. The van der Waals surface area contributed by atoms with Gasteiger partial charge in [-0.15, -0.1) is 13.2 Å². The minimum Gasteiger partial charge on any atom is -0.406 e. The number of hydrogen-bond donors (Lipinski definition) is 1. The predicted octanol–water partition coefficient (Wildman–Crippen LogP) is 4.66. The van der Waals surface area contributed by atoms with Gasteiger partial charge in [0.2, 0.25) is 0 Å². The number of alkyl halides is 3. The van der Waals surface area contributed by atoms with Crippen molar-refractivity contribution in [3.63, 3.8) is 0 Å². The molecule has 6 heteroatoms. The maximum absolute atomic E-state index is 12.3. The lowest BCUT2D eigenvalue weighted by Gasteiger charge is -2.23. The van der Waals surface area contributed by atoms with E-state index in [9.17, 15) is 13.2 Å². The predicted molar refractivity (Wildman–Crippen MR) is 107 cm³/mol. The topological polar surface area (TPSA) is 24.5 Å². The number of ether oxygens (including phenoxy) is 1. The van der Waals surface area contributed by atoms with E-state index in [4.69, 9.17) is 0 Å². The number of fused-ring (bicyclic) bond motifs is 1. The third-order valence-corrected chi connectivity index (χ3v) is 6.19. The van der Waals surface area contributed by atoms with Crippen LogP contribution in [0.1, 0.15) is 24.0 Å². The zero-order valence-electron chi connectivity index (χ0n) is 16.5. The molecular weight excluding hydrogens is 377 g/mol. The summed E-state index contributed by atoms with van der Waals surface area (Å²) < 4.78 is 41.0. The Hall–Kier alpha value is -2.05.